The minimum Gasteiger partial charge on any atom is -0.450 e. The Balaban J connectivity index is 2.79. The standard InChI is InChI=1S/C6H7N3O5/c1-8-4(3-14-6(10)11)2-7-5(8)9(12)13/h2H,3H2,1H3,(H,10,11). The summed E-state index contributed by atoms with van der Waals surface area (Å²) in [6.45, 7) is -0.257. The molecule has 0 amide bonds. The van der Waals surface area contributed by atoms with Gasteiger partial charge in [-0.25, -0.2) is 9.36 Å². The zero-order valence-corrected chi connectivity index (χ0v) is 7.21. The number of carbonyl (C=O) groups is 1. The normalized spacial score (nSPS) is 9.79. The molecule has 0 saturated carbocycles. The third-order valence-corrected chi connectivity index (χ3v) is 1.57. The summed E-state index contributed by atoms with van der Waals surface area (Å²) < 4.78 is 5.39. The quantitative estimate of drug-likeness (QED) is 0.434. The topological polar surface area (TPSA) is 107 Å². The molecule has 0 unspecified atom stereocenters. The molecule has 0 bridgehead atoms. The zero-order chi connectivity index (χ0) is 10.7. The first-order valence-corrected chi connectivity index (χ1v) is 3.53. The van der Waals surface area contributed by atoms with Crippen molar-refractivity contribution in [3.8, 4) is 0 Å². The van der Waals surface area contributed by atoms with Gasteiger partial charge in [0.2, 0.25) is 0 Å². The third-order valence-electron chi connectivity index (χ3n) is 1.57. The fraction of sp³-hybridized carbons (Fsp3) is 0.333. The number of nitrogens with zero attached hydrogens (tertiary/aromatic N) is 3. The van der Waals surface area contributed by atoms with Crippen LogP contribution >= 0.6 is 0 Å². The molecule has 1 rings (SSSR count). The van der Waals surface area contributed by atoms with Crippen molar-refractivity contribution in [3.63, 3.8) is 0 Å². The van der Waals surface area contributed by atoms with Gasteiger partial charge in [-0.2, -0.15) is 0 Å². The Bertz CT molecular complexity index is 372. The lowest BCUT2D eigenvalue weighted by Gasteiger charge is -1.98. The predicted molar refractivity (Wildman–Crippen MR) is 42.7 cm³/mol. The monoisotopic (exact) mass is 201 g/mol. The fourth-order valence-corrected chi connectivity index (χ4v) is 0.873. The molecule has 1 N–H and O–H groups in total. The van der Waals surface area contributed by atoms with Crippen LogP contribution in [0, 0.1) is 10.1 Å². The number of ether oxygens (including phenoxy) is 1. The average molecular weight is 201 g/mol. The fourth-order valence-electron chi connectivity index (χ4n) is 0.873. The molecule has 0 aliphatic carbocycles. The Morgan fingerprint density at radius 2 is 2.50 bits per heavy atom. The molecular formula is C6H7N3O5. The Kier molecular flexibility index (Phi) is 2.65. The molecule has 76 valence electrons. The largest absolute Gasteiger partial charge is 0.506 e. The summed E-state index contributed by atoms with van der Waals surface area (Å²) in [6, 6.07) is 0. The third kappa shape index (κ3) is 1.97. The van der Waals surface area contributed by atoms with Crippen LogP contribution < -0.4 is 0 Å². The maximum absolute atomic E-state index is 10.3. The summed E-state index contributed by atoms with van der Waals surface area (Å²) in [5.41, 5.74) is 0.319. The van der Waals surface area contributed by atoms with Gasteiger partial charge in [-0.1, -0.05) is 4.98 Å². The molecule has 8 heteroatoms. The maximum Gasteiger partial charge on any atom is 0.506 e. The van der Waals surface area contributed by atoms with E-state index in [1.54, 1.807) is 0 Å². The highest BCUT2D eigenvalue weighted by atomic mass is 16.7. The molecule has 1 aromatic heterocycles. The van der Waals surface area contributed by atoms with Gasteiger partial charge in [-0.05, 0) is 4.92 Å². The Morgan fingerprint density at radius 1 is 1.86 bits per heavy atom. The maximum atomic E-state index is 10.3. The van der Waals surface area contributed by atoms with E-state index in [0.29, 0.717) is 5.69 Å². The molecular weight excluding hydrogens is 194 g/mol. The van der Waals surface area contributed by atoms with Crippen molar-refractivity contribution in [2.45, 2.75) is 6.61 Å². The minimum atomic E-state index is -1.44. The first kappa shape index (κ1) is 9.96. The van der Waals surface area contributed by atoms with Crippen LogP contribution in [0.2, 0.25) is 0 Å². The number of imidazole rings is 1. The van der Waals surface area contributed by atoms with Crippen LogP contribution in [0.15, 0.2) is 6.20 Å². The molecule has 1 aromatic rings. The molecule has 0 aromatic carbocycles. The minimum absolute atomic E-state index is 0.257. The molecule has 0 radical (unpaired) electrons. The van der Waals surface area contributed by atoms with E-state index in [1.807, 2.05) is 0 Å². The molecule has 8 nitrogen and oxygen atoms in total. The lowest BCUT2D eigenvalue weighted by Crippen LogP contribution is -2.06. The van der Waals surface area contributed by atoms with Gasteiger partial charge < -0.3 is 20.0 Å². The number of rotatable bonds is 3. The number of hydrogen-bond donors (Lipinski definition) is 1. The Hall–Kier alpha value is -2.12. The smallest absolute Gasteiger partial charge is 0.450 e. The second-order valence-electron chi connectivity index (χ2n) is 2.42. The van der Waals surface area contributed by atoms with Gasteiger partial charge in [0.25, 0.3) is 0 Å². The van der Waals surface area contributed by atoms with Crippen LogP contribution in [0.1, 0.15) is 5.69 Å². The number of hydrogen-bond acceptors (Lipinski definition) is 5. The summed E-state index contributed by atoms with van der Waals surface area (Å²) in [6.07, 6.45) is -0.241. The van der Waals surface area contributed by atoms with Crippen LogP contribution in [0.3, 0.4) is 0 Å². The van der Waals surface area contributed by atoms with Crippen molar-refractivity contribution in [2.24, 2.45) is 7.05 Å². The van der Waals surface area contributed by atoms with Gasteiger partial charge in [0.15, 0.2) is 12.3 Å². The summed E-state index contributed by atoms with van der Waals surface area (Å²) in [5, 5.41) is 18.5. The van der Waals surface area contributed by atoms with Crippen LogP contribution in [-0.2, 0) is 18.4 Å². The van der Waals surface area contributed by atoms with Crippen molar-refractivity contribution in [1.82, 2.24) is 9.55 Å². The summed E-state index contributed by atoms with van der Waals surface area (Å²) in [7, 11) is 1.41. The molecule has 1 heterocycles. The van der Waals surface area contributed by atoms with E-state index in [0.717, 1.165) is 4.57 Å². The summed E-state index contributed by atoms with van der Waals surface area (Å²) >= 11 is 0. The van der Waals surface area contributed by atoms with Gasteiger partial charge in [0.1, 0.15) is 6.20 Å². The predicted octanol–water partition coefficient (Wildman–Crippen LogP) is 0.523. The van der Waals surface area contributed by atoms with Gasteiger partial charge in [0.05, 0.1) is 7.05 Å². The van der Waals surface area contributed by atoms with Crippen molar-refractivity contribution < 1.29 is 19.6 Å². The van der Waals surface area contributed by atoms with Gasteiger partial charge in [0, 0.05) is 0 Å². The molecule has 0 aliphatic rings. The highest BCUT2D eigenvalue weighted by Gasteiger charge is 2.17. The van der Waals surface area contributed by atoms with E-state index in [-0.39, 0.29) is 12.6 Å². The van der Waals surface area contributed by atoms with Gasteiger partial charge in [-0.15, -0.1) is 0 Å². The summed E-state index contributed by atoms with van der Waals surface area (Å²) in [5.74, 6) is -0.353. The molecule has 0 atom stereocenters. The molecule has 0 spiro atoms. The second-order valence-corrected chi connectivity index (χ2v) is 2.42. The average Bonchev–Trinajstić information content (AvgIpc) is 2.43. The van der Waals surface area contributed by atoms with E-state index in [4.69, 9.17) is 5.11 Å². The molecule has 14 heavy (non-hydrogen) atoms. The number of aromatic nitrogens is 2. The Labute approximate surface area is 77.9 Å². The van der Waals surface area contributed by atoms with Gasteiger partial charge >= 0.3 is 12.1 Å². The molecule has 0 fully saturated rings. The van der Waals surface area contributed by atoms with Crippen LogP contribution in [-0.4, -0.2) is 25.7 Å². The lowest BCUT2D eigenvalue weighted by atomic mass is 10.5. The second kappa shape index (κ2) is 3.73. The van der Waals surface area contributed by atoms with E-state index >= 15 is 0 Å². The van der Waals surface area contributed by atoms with Crippen LogP contribution in [0.4, 0.5) is 10.7 Å². The first-order valence-electron chi connectivity index (χ1n) is 3.53. The van der Waals surface area contributed by atoms with E-state index in [2.05, 4.69) is 9.72 Å². The Morgan fingerprint density at radius 3 is 2.93 bits per heavy atom. The molecule has 0 saturated heterocycles. The summed E-state index contributed by atoms with van der Waals surface area (Å²) in [4.78, 5) is 23.2. The SMILES string of the molecule is Cn1c(COC(=O)O)cnc1[N+](=O)[O-]. The molecule has 0 aliphatic heterocycles. The van der Waals surface area contributed by atoms with E-state index < -0.39 is 11.1 Å². The van der Waals surface area contributed by atoms with Gasteiger partial charge in [-0.3, -0.25) is 0 Å². The number of carboxylic acid groups (broad SMARTS) is 1. The van der Waals surface area contributed by atoms with Crippen LogP contribution in [0.5, 0.6) is 0 Å². The van der Waals surface area contributed by atoms with Crippen LogP contribution in [0.25, 0.3) is 0 Å². The highest BCUT2D eigenvalue weighted by molar-refractivity contribution is 5.56. The first-order chi connectivity index (χ1) is 6.52. The zero-order valence-electron chi connectivity index (χ0n) is 7.21. The van der Waals surface area contributed by atoms with Crippen molar-refractivity contribution >= 4 is 12.1 Å². The van der Waals surface area contributed by atoms with Crippen molar-refractivity contribution in [3.05, 3.63) is 22.0 Å². The lowest BCUT2D eigenvalue weighted by molar-refractivity contribution is -0.396. The van der Waals surface area contributed by atoms with Crippen molar-refractivity contribution in [2.75, 3.05) is 0 Å². The highest BCUT2D eigenvalue weighted by Crippen LogP contribution is 2.11. The van der Waals surface area contributed by atoms with E-state index in [1.165, 1.54) is 13.2 Å². The number of nitro groups is 1. The van der Waals surface area contributed by atoms with E-state index in [9.17, 15) is 14.9 Å². The van der Waals surface area contributed by atoms with Crippen molar-refractivity contribution in [1.29, 1.82) is 0 Å².